The molecule has 1 aliphatic rings. The first-order chi connectivity index (χ1) is 8.67. The largest absolute Gasteiger partial charge is 0.495 e. The summed E-state index contributed by atoms with van der Waals surface area (Å²) in [6, 6.07) is 9.85. The first-order valence-electron chi connectivity index (χ1n) is 5.20. The summed E-state index contributed by atoms with van der Waals surface area (Å²) in [5.74, 6) is 0.709. The summed E-state index contributed by atoms with van der Waals surface area (Å²) >= 11 is 15.6. The summed E-state index contributed by atoms with van der Waals surface area (Å²) in [6.45, 7) is 0. The van der Waals surface area contributed by atoms with E-state index in [1.165, 1.54) is 9.79 Å². The summed E-state index contributed by atoms with van der Waals surface area (Å²) < 4.78 is 5.24. The zero-order chi connectivity index (χ0) is 12.7. The number of halogens is 2. The highest BCUT2D eigenvalue weighted by Crippen LogP contribution is 2.51. The number of ether oxygens (including phenoxy) is 1. The lowest BCUT2D eigenvalue weighted by atomic mass is 10.3. The first kappa shape index (κ1) is 12.5. The molecule has 2 aromatic carbocycles. The van der Waals surface area contributed by atoms with E-state index in [4.69, 9.17) is 27.9 Å². The zero-order valence-corrected chi connectivity index (χ0v) is 12.5. The van der Waals surface area contributed by atoms with E-state index in [0.717, 1.165) is 14.8 Å². The molecule has 0 bridgehead atoms. The van der Waals surface area contributed by atoms with E-state index >= 15 is 0 Å². The van der Waals surface area contributed by atoms with Gasteiger partial charge in [-0.05, 0) is 30.3 Å². The SMILES string of the molecule is COc1cc2c(cc1Cl)Sc1cc(Cl)ccc1S2. The van der Waals surface area contributed by atoms with Crippen LogP contribution in [0.5, 0.6) is 5.75 Å². The number of hydrogen-bond donors (Lipinski definition) is 0. The van der Waals surface area contributed by atoms with E-state index in [0.29, 0.717) is 10.8 Å². The third-order valence-corrected chi connectivity index (χ3v) is 5.60. The van der Waals surface area contributed by atoms with Crippen molar-refractivity contribution in [3.63, 3.8) is 0 Å². The van der Waals surface area contributed by atoms with Crippen molar-refractivity contribution in [2.24, 2.45) is 0 Å². The van der Waals surface area contributed by atoms with Crippen molar-refractivity contribution in [1.82, 2.24) is 0 Å². The van der Waals surface area contributed by atoms with Crippen LogP contribution in [0.15, 0.2) is 49.9 Å². The van der Waals surface area contributed by atoms with Crippen molar-refractivity contribution in [2.45, 2.75) is 19.6 Å². The quantitative estimate of drug-likeness (QED) is 0.577. The lowest BCUT2D eigenvalue weighted by Crippen LogP contribution is -1.92. The molecule has 92 valence electrons. The Kier molecular flexibility index (Phi) is 3.41. The third-order valence-electron chi connectivity index (χ3n) is 2.56. The maximum Gasteiger partial charge on any atom is 0.138 e. The maximum atomic E-state index is 6.15. The van der Waals surface area contributed by atoms with Crippen molar-refractivity contribution in [3.8, 4) is 5.75 Å². The standard InChI is InChI=1S/C13H8Cl2OS2/c1-16-9-6-13-12(5-8(9)15)18-11-4-7(14)2-3-10(11)17-13/h2-6H,1H3. The summed E-state index contributed by atoms with van der Waals surface area (Å²) in [4.78, 5) is 4.68. The highest BCUT2D eigenvalue weighted by molar-refractivity contribution is 8.05. The molecular formula is C13H8Cl2OS2. The van der Waals surface area contributed by atoms with Crippen molar-refractivity contribution >= 4 is 46.7 Å². The second-order valence-electron chi connectivity index (χ2n) is 3.73. The molecule has 0 fully saturated rings. The van der Waals surface area contributed by atoms with Crippen LogP contribution in [0.4, 0.5) is 0 Å². The number of fused-ring (bicyclic) bond motifs is 2. The van der Waals surface area contributed by atoms with Gasteiger partial charge in [-0.1, -0.05) is 46.7 Å². The van der Waals surface area contributed by atoms with Gasteiger partial charge in [0.2, 0.25) is 0 Å². The van der Waals surface area contributed by atoms with Crippen LogP contribution in [0, 0.1) is 0 Å². The Morgan fingerprint density at radius 1 is 0.889 bits per heavy atom. The van der Waals surface area contributed by atoms with Crippen LogP contribution in [0.25, 0.3) is 0 Å². The van der Waals surface area contributed by atoms with E-state index in [1.54, 1.807) is 30.6 Å². The predicted octanol–water partition coefficient (Wildman–Crippen LogP) is 5.62. The van der Waals surface area contributed by atoms with Crippen LogP contribution in [-0.2, 0) is 0 Å². The van der Waals surface area contributed by atoms with E-state index in [1.807, 2.05) is 30.3 Å². The van der Waals surface area contributed by atoms with Crippen LogP contribution >= 0.6 is 46.7 Å². The molecule has 5 heteroatoms. The van der Waals surface area contributed by atoms with Gasteiger partial charge < -0.3 is 4.74 Å². The summed E-state index contributed by atoms with van der Waals surface area (Å²) in [7, 11) is 1.63. The average Bonchev–Trinajstić information content (AvgIpc) is 2.35. The molecule has 0 unspecified atom stereocenters. The Labute approximate surface area is 124 Å². The molecule has 1 heterocycles. The molecule has 1 aliphatic heterocycles. The van der Waals surface area contributed by atoms with Gasteiger partial charge in [-0.2, -0.15) is 0 Å². The zero-order valence-electron chi connectivity index (χ0n) is 9.37. The number of benzene rings is 2. The minimum absolute atomic E-state index is 0.634. The second-order valence-corrected chi connectivity index (χ2v) is 6.74. The summed E-state index contributed by atoms with van der Waals surface area (Å²) in [5, 5.41) is 1.39. The van der Waals surface area contributed by atoms with Gasteiger partial charge >= 0.3 is 0 Å². The molecule has 0 atom stereocenters. The van der Waals surface area contributed by atoms with E-state index in [-0.39, 0.29) is 0 Å². The summed E-state index contributed by atoms with van der Waals surface area (Å²) in [5.41, 5.74) is 0. The van der Waals surface area contributed by atoms with Gasteiger partial charge in [0.05, 0.1) is 12.1 Å². The van der Waals surface area contributed by atoms with Crippen LogP contribution in [0.2, 0.25) is 10.0 Å². The van der Waals surface area contributed by atoms with E-state index in [2.05, 4.69) is 0 Å². The third kappa shape index (κ3) is 2.21. The van der Waals surface area contributed by atoms with Gasteiger partial charge in [0, 0.05) is 24.6 Å². The number of methoxy groups -OCH3 is 1. The lowest BCUT2D eigenvalue weighted by Gasteiger charge is -2.19. The Hall–Kier alpha value is -0.480. The van der Waals surface area contributed by atoms with E-state index < -0.39 is 0 Å². The predicted molar refractivity (Wildman–Crippen MR) is 77.7 cm³/mol. The Bertz CT molecular complexity index is 629. The van der Waals surface area contributed by atoms with Gasteiger partial charge in [-0.15, -0.1) is 0 Å². The first-order valence-corrected chi connectivity index (χ1v) is 7.59. The van der Waals surface area contributed by atoms with Gasteiger partial charge in [-0.25, -0.2) is 0 Å². The van der Waals surface area contributed by atoms with E-state index in [9.17, 15) is 0 Å². The molecule has 0 N–H and O–H groups in total. The van der Waals surface area contributed by atoms with Crippen LogP contribution in [-0.4, -0.2) is 7.11 Å². The Balaban J connectivity index is 2.08. The van der Waals surface area contributed by atoms with Crippen LogP contribution < -0.4 is 4.74 Å². The monoisotopic (exact) mass is 314 g/mol. The molecule has 1 nitrogen and oxygen atoms in total. The molecule has 0 saturated carbocycles. The number of hydrogen-bond acceptors (Lipinski definition) is 3. The second kappa shape index (κ2) is 4.89. The molecular weight excluding hydrogens is 307 g/mol. The molecule has 0 radical (unpaired) electrons. The molecule has 0 aromatic heterocycles. The highest BCUT2D eigenvalue weighted by atomic mass is 35.5. The minimum Gasteiger partial charge on any atom is -0.495 e. The average molecular weight is 315 g/mol. The fourth-order valence-corrected chi connectivity index (χ4v) is 4.54. The normalized spacial score (nSPS) is 12.8. The van der Waals surface area contributed by atoms with Gasteiger partial charge in [-0.3, -0.25) is 0 Å². The highest BCUT2D eigenvalue weighted by Gasteiger charge is 2.19. The van der Waals surface area contributed by atoms with Crippen LogP contribution in [0.1, 0.15) is 0 Å². The molecule has 2 aromatic rings. The lowest BCUT2D eigenvalue weighted by molar-refractivity contribution is 0.413. The van der Waals surface area contributed by atoms with Crippen molar-refractivity contribution in [3.05, 3.63) is 40.4 Å². The fraction of sp³-hybridized carbons (Fsp3) is 0.0769. The van der Waals surface area contributed by atoms with Crippen molar-refractivity contribution in [1.29, 1.82) is 0 Å². The van der Waals surface area contributed by atoms with Gasteiger partial charge in [0.15, 0.2) is 0 Å². The molecule has 0 saturated heterocycles. The van der Waals surface area contributed by atoms with Gasteiger partial charge in [0.25, 0.3) is 0 Å². The molecule has 0 aliphatic carbocycles. The topological polar surface area (TPSA) is 9.23 Å². The molecule has 18 heavy (non-hydrogen) atoms. The smallest absolute Gasteiger partial charge is 0.138 e. The molecule has 0 amide bonds. The molecule has 0 spiro atoms. The summed E-state index contributed by atoms with van der Waals surface area (Å²) in [6.07, 6.45) is 0. The number of rotatable bonds is 1. The molecule has 3 rings (SSSR count). The Morgan fingerprint density at radius 2 is 1.56 bits per heavy atom. The fourth-order valence-electron chi connectivity index (χ4n) is 1.72. The minimum atomic E-state index is 0.634. The van der Waals surface area contributed by atoms with Crippen molar-refractivity contribution < 1.29 is 4.74 Å². The Morgan fingerprint density at radius 3 is 2.33 bits per heavy atom. The van der Waals surface area contributed by atoms with Crippen LogP contribution in [0.3, 0.4) is 0 Å². The maximum absolute atomic E-state index is 6.15. The van der Waals surface area contributed by atoms with Gasteiger partial charge in [0.1, 0.15) is 5.75 Å². The van der Waals surface area contributed by atoms with Crippen molar-refractivity contribution in [2.75, 3.05) is 7.11 Å².